The summed E-state index contributed by atoms with van der Waals surface area (Å²) in [5, 5.41) is 10.2. The number of carboxylic acids is 1. The molecule has 2 aromatic carbocycles. The fourth-order valence-corrected chi connectivity index (χ4v) is 4.14. The molecule has 0 aliphatic carbocycles. The third kappa shape index (κ3) is 4.54. The molecule has 0 unspecified atom stereocenters. The first-order chi connectivity index (χ1) is 15.0. The van der Waals surface area contributed by atoms with Gasteiger partial charge in [-0.25, -0.2) is 4.79 Å². The Morgan fingerprint density at radius 3 is 2.52 bits per heavy atom. The highest BCUT2D eigenvalue weighted by Gasteiger charge is 2.42. The van der Waals surface area contributed by atoms with E-state index in [-0.39, 0.29) is 11.9 Å². The molecule has 0 radical (unpaired) electrons. The summed E-state index contributed by atoms with van der Waals surface area (Å²) in [5.41, 5.74) is 2.10. The lowest BCUT2D eigenvalue weighted by Crippen LogP contribution is -2.41. The number of pyridine rings is 1. The summed E-state index contributed by atoms with van der Waals surface area (Å²) in [4.78, 5) is 30.6. The van der Waals surface area contributed by atoms with E-state index < -0.39 is 12.0 Å². The van der Waals surface area contributed by atoms with Crippen LogP contribution in [0.1, 0.15) is 40.4 Å². The number of amides is 1. The quantitative estimate of drug-likeness (QED) is 0.603. The Morgan fingerprint density at radius 1 is 1.06 bits per heavy atom. The van der Waals surface area contributed by atoms with E-state index in [1.165, 1.54) is 4.90 Å². The number of rotatable bonds is 6. The second-order valence-electron chi connectivity index (χ2n) is 7.36. The Morgan fingerprint density at radius 2 is 1.84 bits per heavy atom. The molecule has 2 atom stereocenters. The minimum atomic E-state index is -1.01. The predicted molar refractivity (Wildman–Crippen MR) is 116 cm³/mol. The number of ether oxygens (including phenoxy) is 1. The van der Waals surface area contributed by atoms with Crippen molar-refractivity contribution in [3.8, 4) is 5.75 Å². The standard InChI is InChI=1S/C24H21ClN2O4/c25-20-6-2-1-5-19(20)21-11-12-22(24(29)30)27(21)23(28)17-7-9-18(10-8-17)31-15-16-4-3-13-26-14-16/h1-10,13-14,21-22H,11-12,15H2,(H,29,30)/t21-,22+/m1/s1. The number of aliphatic carboxylic acids is 1. The number of likely N-dealkylation sites (tertiary alicyclic amines) is 1. The first kappa shape index (κ1) is 20.9. The van der Waals surface area contributed by atoms with E-state index in [2.05, 4.69) is 4.98 Å². The van der Waals surface area contributed by atoms with Crippen molar-refractivity contribution < 1.29 is 19.4 Å². The number of benzene rings is 2. The third-order valence-electron chi connectivity index (χ3n) is 5.40. The lowest BCUT2D eigenvalue weighted by Gasteiger charge is -2.29. The van der Waals surface area contributed by atoms with Crippen LogP contribution in [0.3, 0.4) is 0 Å². The van der Waals surface area contributed by atoms with Crippen LogP contribution in [0, 0.1) is 0 Å². The number of aromatic nitrogens is 1. The van der Waals surface area contributed by atoms with Crippen LogP contribution < -0.4 is 4.74 Å². The summed E-state index contributed by atoms with van der Waals surface area (Å²) < 4.78 is 5.74. The zero-order valence-corrected chi connectivity index (χ0v) is 17.4. The summed E-state index contributed by atoms with van der Waals surface area (Å²) in [7, 11) is 0. The molecule has 1 fully saturated rings. The van der Waals surface area contributed by atoms with Crippen LogP contribution >= 0.6 is 11.6 Å². The van der Waals surface area contributed by atoms with Gasteiger partial charge in [0, 0.05) is 28.5 Å². The molecule has 1 aromatic heterocycles. The maximum absolute atomic E-state index is 13.3. The second-order valence-corrected chi connectivity index (χ2v) is 7.76. The number of hydrogen-bond donors (Lipinski definition) is 1. The van der Waals surface area contributed by atoms with Crippen LogP contribution in [0.4, 0.5) is 0 Å². The van der Waals surface area contributed by atoms with Crippen molar-refractivity contribution in [2.24, 2.45) is 0 Å². The third-order valence-corrected chi connectivity index (χ3v) is 5.74. The number of carbonyl (C=O) groups excluding carboxylic acids is 1. The molecule has 0 saturated carbocycles. The van der Waals surface area contributed by atoms with Gasteiger partial charge >= 0.3 is 5.97 Å². The SMILES string of the molecule is O=C(O)[C@@H]1CC[C@H](c2ccccc2Cl)N1C(=O)c1ccc(OCc2cccnc2)cc1. The topological polar surface area (TPSA) is 79.7 Å². The highest BCUT2D eigenvalue weighted by molar-refractivity contribution is 6.31. The van der Waals surface area contributed by atoms with Gasteiger partial charge in [0.1, 0.15) is 18.4 Å². The Labute approximate surface area is 185 Å². The van der Waals surface area contributed by atoms with Gasteiger partial charge in [0.15, 0.2) is 0 Å². The summed E-state index contributed by atoms with van der Waals surface area (Å²) in [5.74, 6) is -0.743. The lowest BCUT2D eigenvalue weighted by molar-refractivity contribution is -0.141. The van der Waals surface area contributed by atoms with E-state index in [1.54, 1.807) is 42.7 Å². The van der Waals surface area contributed by atoms with Crippen molar-refractivity contribution in [2.45, 2.75) is 31.5 Å². The lowest BCUT2D eigenvalue weighted by atomic mass is 10.0. The smallest absolute Gasteiger partial charge is 0.326 e. The van der Waals surface area contributed by atoms with E-state index >= 15 is 0 Å². The molecule has 2 heterocycles. The molecule has 31 heavy (non-hydrogen) atoms. The molecule has 1 aliphatic rings. The van der Waals surface area contributed by atoms with Gasteiger partial charge in [0.25, 0.3) is 5.91 Å². The molecule has 1 N–H and O–H groups in total. The molecule has 0 spiro atoms. The van der Waals surface area contributed by atoms with Gasteiger partial charge in [-0.2, -0.15) is 0 Å². The minimum absolute atomic E-state index is 0.339. The Bertz CT molecular complexity index is 1070. The highest BCUT2D eigenvalue weighted by atomic mass is 35.5. The number of nitrogens with zero attached hydrogens (tertiary/aromatic N) is 2. The van der Waals surface area contributed by atoms with Gasteiger partial charge in [0.2, 0.25) is 0 Å². The summed E-state index contributed by atoms with van der Waals surface area (Å²) in [6.45, 7) is 0.364. The van der Waals surface area contributed by atoms with Crippen molar-refractivity contribution in [1.82, 2.24) is 9.88 Å². The van der Waals surface area contributed by atoms with Crippen molar-refractivity contribution in [1.29, 1.82) is 0 Å². The van der Waals surface area contributed by atoms with Crippen LogP contribution in [-0.2, 0) is 11.4 Å². The average molecular weight is 437 g/mol. The van der Waals surface area contributed by atoms with Crippen LogP contribution in [0.25, 0.3) is 0 Å². The number of carboxylic acid groups (broad SMARTS) is 1. The molecule has 0 bridgehead atoms. The molecule has 7 heteroatoms. The summed E-state index contributed by atoms with van der Waals surface area (Å²) in [6, 6.07) is 16.4. The molecule has 4 rings (SSSR count). The molecule has 3 aromatic rings. The first-order valence-electron chi connectivity index (χ1n) is 9.96. The number of hydrogen-bond acceptors (Lipinski definition) is 4. The van der Waals surface area contributed by atoms with E-state index in [4.69, 9.17) is 16.3 Å². The summed E-state index contributed by atoms with van der Waals surface area (Å²) >= 11 is 6.35. The van der Waals surface area contributed by atoms with Crippen LogP contribution in [0.5, 0.6) is 5.75 Å². The number of carbonyl (C=O) groups is 2. The zero-order chi connectivity index (χ0) is 21.8. The molecule has 1 aliphatic heterocycles. The van der Waals surface area contributed by atoms with Crippen molar-refractivity contribution in [3.63, 3.8) is 0 Å². The van der Waals surface area contributed by atoms with Crippen LogP contribution in [0.2, 0.25) is 5.02 Å². The van der Waals surface area contributed by atoms with E-state index in [1.807, 2.05) is 30.3 Å². The first-order valence-corrected chi connectivity index (χ1v) is 10.3. The minimum Gasteiger partial charge on any atom is -0.489 e. The largest absolute Gasteiger partial charge is 0.489 e. The molecule has 158 valence electrons. The molecule has 6 nitrogen and oxygen atoms in total. The highest BCUT2D eigenvalue weighted by Crippen LogP contribution is 2.40. The molecule has 1 saturated heterocycles. The number of halogens is 1. The Hall–Kier alpha value is -3.38. The van der Waals surface area contributed by atoms with Gasteiger partial charge in [-0.3, -0.25) is 9.78 Å². The maximum atomic E-state index is 13.3. The predicted octanol–water partition coefficient (Wildman–Crippen LogP) is 4.74. The van der Waals surface area contributed by atoms with E-state index in [0.29, 0.717) is 35.8 Å². The molecular weight excluding hydrogens is 416 g/mol. The van der Waals surface area contributed by atoms with Crippen molar-refractivity contribution in [3.05, 3.63) is 94.8 Å². The summed E-state index contributed by atoms with van der Waals surface area (Å²) in [6.07, 6.45) is 4.34. The molecular formula is C24H21ClN2O4. The van der Waals surface area contributed by atoms with Gasteiger partial charge in [-0.15, -0.1) is 0 Å². The fourth-order valence-electron chi connectivity index (χ4n) is 3.88. The fraction of sp³-hybridized carbons (Fsp3) is 0.208. The van der Waals surface area contributed by atoms with Crippen molar-refractivity contribution >= 4 is 23.5 Å². The van der Waals surface area contributed by atoms with E-state index in [0.717, 1.165) is 11.1 Å². The Balaban J connectivity index is 1.54. The molecule has 1 amide bonds. The second kappa shape index (κ2) is 9.18. The van der Waals surface area contributed by atoms with Crippen molar-refractivity contribution in [2.75, 3.05) is 0 Å². The van der Waals surface area contributed by atoms with Crippen LogP contribution in [0.15, 0.2) is 73.1 Å². The van der Waals surface area contributed by atoms with E-state index in [9.17, 15) is 14.7 Å². The van der Waals surface area contributed by atoms with Gasteiger partial charge < -0.3 is 14.7 Å². The average Bonchev–Trinajstić information content (AvgIpc) is 3.24. The normalized spacial score (nSPS) is 18.0. The van der Waals surface area contributed by atoms with Gasteiger partial charge in [0.05, 0.1) is 6.04 Å². The van der Waals surface area contributed by atoms with Gasteiger partial charge in [-0.05, 0) is 54.8 Å². The zero-order valence-electron chi connectivity index (χ0n) is 16.6. The maximum Gasteiger partial charge on any atom is 0.326 e. The van der Waals surface area contributed by atoms with Crippen LogP contribution in [-0.4, -0.2) is 32.9 Å². The monoisotopic (exact) mass is 436 g/mol. The Kier molecular flexibility index (Phi) is 6.18. The van der Waals surface area contributed by atoms with Gasteiger partial charge in [-0.1, -0.05) is 35.9 Å².